The number of ether oxygens (including phenoxy) is 2. The van der Waals surface area contributed by atoms with Crippen LogP contribution in [0.5, 0.6) is 0 Å². The molecule has 2 aromatic rings. The Bertz CT molecular complexity index is 1600. The average Bonchev–Trinajstić information content (AvgIpc) is 3.71. The number of hydrogen-bond acceptors (Lipinski definition) is 6. The summed E-state index contributed by atoms with van der Waals surface area (Å²) in [6, 6.07) is 13.8. The maximum atomic E-state index is 13.1. The summed E-state index contributed by atoms with van der Waals surface area (Å²) in [5.74, 6) is 1.43. The van der Waals surface area contributed by atoms with E-state index in [1.807, 2.05) is 23.1 Å². The number of carbonyl (C=O) groups is 2. The van der Waals surface area contributed by atoms with Gasteiger partial charge in [0.15, 0.2) is 0 Å². The highest BCUT2D eigenvalue weighted by molar-refractivity contribution is 5.89. The van der Waals surface area contributed by atoms with E-state index in [1.165, 1.54) is 12.8 Å². The number of esters is 1. The van der Waals surface area contributed by atoms with Gasteiger partial charge in [0.2, 0.25) is 5.91 Å². The van der Waals surface area contributed by atoms with Gasteiger partial charge in [-0.3, -0.25) is 9.78 Å². The highest BCUT2D eigenvalue weighted by atomic mass is 16.5. The van der Waals surface area contributed by atoms with Crippen molar-refractivity contribution >= 4 is 11.9 Å². The van der Waals surface area contributed by atoms with Crippen molar-refractivity contribution in [3.63, 3.8) is 0 Å². The first kappa shape index (κ1) is 33.4. The van der Waals surface area contributed by atoms with Gasteiger partial charge in [-0.15, -0.1) is 0 Å². The molecule has 49 heavy (non-hydrogen) atoms. The number of aliphatic hydroxyl groups excluding tert-OH is 1. The lowest BCUT2D eigenvalue weighted by atomic mass is 9.41. The number of carbonyl (C=O) groups excluding carboxylic acids is 2. The minimum absolute atomic E-state index is 0.00965. The highest BCUT2D eigenvalue weighted by Gasteiger charge is 2.84. The molecular weight excluding hydrogens is 612 g/mol. The van der Waals surface area contributed by atoms with Crippen LogP contribution < -0.4 is 0 Å². The number of fused-ring (bicyclic) bond motifs is 4. The van der Waals surface area contributed by atoms with Crippen LogP contribution in [0.4, 0.5) is 0 Å². The largest absolute Gasteiger partial charge is 0.458 e. The van der Waals surface area contributed by atoms with Crippen LogP contribution in [0.3, 0.4) is 0 Å². The van der Waals surface area contributed by atoms with E-state index in [9.17, 15) is 14.7 Å². The molecule has 5 saturated carbocycles. The molecule has 0 bridgehead atoms. The van der Waals surface area contributed by atoms with Crippen molar-refractivity contribution in [2.24, 2.45) is 50.7 Å². The Morgan fingerprint density at radius 1 is 0.980 bits per heavy atom. The molecule has 1 aliphatic heterocycles. The summed E-state index contributed by atoms with van der Waals surface area (Å²) >= 11 is 0. The van der Waals surface area contributed by atoms with Crippen molar-refractivity contribution in [3.05, 3.63) is 66.0 Å². The molecule has 1 aromatic carbocycles. The lowest BCUT2D eigenvalue weighted by Gasteiger charge is -2.63. The number of rotatable bonds is 6. The number of hydrogen-bond donors (Lipinski definition) is 1. The fraction of sp³-hybridized carbons (Fsp3) is 0.690. The number of nitrogens with zero attached hydrogens (tertiary/aromatic N) is 2. The van der Waals surface area contributed by atoms with E-state index in [0.717, 1.165) is 44.1 Å². The van der Waals surface area contributed by atoms with Gasteiger partial charge in [-0.2, -0.15) is 0 Å². The van der Waals surface area contributed by atoms with Crippen LogP contribution >= 0.6 is 0 Å². The van der Waals surface area contributed by atoms with Crippen LogP contribution in [0.25, 0.3) is 0 Å². The number of amides is 1. The van der Waals surface area contributed by atoms with Crippen molar-refractivity contribution in [1.82, 2.24) is 9.88 Å². The summed E-state index contributed by atoms with van der Waals surface area (Å²) in [6.45, 7) is 14.8. The van der Waals surface area contributed by atoms with Gasteiger partial charge in [-0.1, -0.05) is 65.0 Å². The van der Waals surface area contributed by atoms with Crippen molar-refractivity contribution in [2.75, 3.05) is 6.54 Å². The Morgan fingerprint density at radius 3 is 2.43 bits per heavy atom. The quantitative estimate of drug-likeness (QED) is 0.322. The number of pyridine rings is 1. The minimum Gasteiger partial charge on any atom is -0.458 e. The molecule has 6 unspecified atom stereocenters. The summed E-state index contributed by atoms with van der Waals surface area (Å²) < 4.78 is 13.3. The Labute approximate surface area is 292 Å². The van der Waals surface area contributed by atoms with Crippen LogP contribution in [0, 0.1) is 50.7 Å². The standard InChI is InChI=1S/C42H56N2O5/c1-26-21-30(24-44(27(2)45)23-28-11-8-7-9-12-28)48-35-34(26)39(5)18-19-42-25-41(42)17-16-33(49-37(47)29-13-10-20-43-22-29)38(3,4)31(41)14-15-32(42)40(39,6)36(35)46/h7-13,20,22,26,30-36,46H,14-19,21,23-25H2,1-6H3/t26-,30+,31+,32?,33?,34+,35?,36+,39?,40-,41?,42?/m1/s1. The molecule has 264 valence electrons. The fourth-order valence-electron chi connectivity index (χ4n) is 13.7. The lowest BCUT2D eigenvalue weighted by Crippen LogP contribution is -2.60. The molecule has 6 aliphatic rings. The van der Waals surface area contributed by atoms with Gasteiger partial charge >= 0.3 is 5.97 Å². The number of aromatic nitrogens is 1. The molecule has 7 nitrogen and oxygen atoms in total. The normalized spacial score (nSPS) is 44.3. The van der Waals surface area contributed by atoms with Crippen LogP contribution in [-0.2, 0) is 20.8 Å². The van der Waals surface area contributed by atoms with E-state index >= 15 is 0 Å². The van der Waals surface area contributed by atoms with E-state index in [0.29, 0.717) is 42.3 Å². The van der Waals surface area contributed by atoms with Gasteiger partial charge in [0, 0.05) is 43.2 Å². The second-order valence-corrected chi connectivity index (χ2v) is 18.2. The van der Waals surface area contributed by atoms with E-state index in [2.05, 4.69) is 51.7 Å². The molecule has 2 spiro atoms. The molecule has 2 heterocycles. The molecular formula is C42H56N2O5. The van der Waals surface area contributed by atoms with Gasteiger partial charge in [0.1, 0.15) is 6.10 Å². The Balaban J connectivity index is 1.02. The maximum absolute atomic E-state index is 13.1. The lowest BCUT2D eigenvalue weighted by molar-refractivity contribution is -0.183. The molecule has 1 amide bonds. The highest BCUT2D eigenvalue weighted by Crippen LogP contribution is 2.89. The first-order valence-electron chi connectivity index (χ1n) is 19.0. The predicted molar refractivity (Wildman–Crippen MR) is 187 cm³/mol. The molecule has 7 heteroatoms. The molecule has 6 fully saturated rings. The number of benzene rings is 1. The van der Waals surface area contributed by atoms with Gasteiger partial charge in [0.05, 0.1) is 23.9 Å². The third-order valence-corrected chi connectivity index (χ3v) is 16.0. The fourth-order valence-corrected chi connectivity index (χ4v) is 13.7. The summed E-state index contributed by atoms with van der Waals surface area (Å²) in [4.78, 5) is 32.0. The van der Waals surface area contributed by atoms with E-state index < -0.39 is 6.10 Å². The minimum atomic E-state index is -0.534. The summed E-state index contributed by atoms with van der Waals surface area (Å²) in [6.07, 6.45) is 11.0. The van der Waals surface area contributed by atoms with Crippen molar-refractivity contribution in [1.29, 1.82) is 0 Å². The molecule has 1 N–H and O–H groups in total. The zero-order chi connectivity index (χ0) is 34.6. The monoisotopic (exact) mass is 668 g/mol. The topological polar surface area (TPSA) is 89.0 Å². The molecule has 12 atom stereocenters. The summed E-state index contributed by atoms with van der Waals surface area (Å²) in [7, 11) is 0. The average molecular weight is 669 g/mol. The van der Waals surface area contributed by atoms with Crippen molar-refractivity contribution in [2.45, 2.75) is 124 Å². The maximum Gasteiger partial charge on any atom is 0.339 e. The van der Waals surface area contributed by atoms with E-state index in [1.54, 1.807) is 31.5 Å². The molecule has 1 aromatic heterocycles. The molecule has 1 saturated heterocycles. The number of aliphatic hydroxyl groups is 1. The predicted octanol–water partition coefficient (Wildman–Crippen LogP) is 7.47. The third-order valence-electron chi connectivity index (χ3n) is 16.0. The Morgan fingerprint density at radius 2 is 1.71 bits per heavy atom. The Kier molecular flexibility index (Phi) is 7.74. The van der Waals surface area contributed by atoms with Gasteiger partial charge in [-0.05, 0) is 109 Å². The summed E-state index contributed by atoms with van der Waals surface area (Å²) in [5, 5.41) is 12.6. The first-order valence-corrected chi connectivity index (χ1v) is 19.0. The van der Waals surface area contributed by atoms with Gasteiger partial charge < -0.3 is 19.5 Å². The van der Waals surface area contributed by atoms with Crippen molar-refractivity contribution in [3.8, 4) is 0 Å². The van der Waals surface area contributed by atoms with E-state index in [-0.39, 0.29) is 57.3 Å². The zero-order valence-electron chi connectivity index (χ0n) is 30.4. The zero-order valence-corrected chi connectivity index (χ0v) is 30.4. The van der Waals surface area contributed by atoms with Crippen LogP contribution in [0.1, 0.15) is 109 Å². The first-order chi connectivity index (χ1) is 23.3. The van der Waals surface area contributed by atoms with Crippen LogP contribution in [0.15, 0.2) is 54.9 Å². The van der Waals surface area contributed by atoms with Crippen molar-refractivity contribution < 1.29 is 24.2 Å². The van der Waals surface area contributed by atoms with Crippen LogP contribution in [0.2, 0.25) is 0 Å². The van der Waals surface area contributed by atoms with Gasteiger partial charge in [-0.25, -0.2) is 4.79 Å². The molecule has 0 radical (unpaired) electrons. The molecule has 8 rings (SSSR count). The third kappa shape index (κ3) is 4.62. The van der Waals surface area contributed by atoms with Gasteiger partial charge in [0.25, 0.3) is 0 Å². The second kappa shape index (κ2) is 11.4. The smallest absolute Gasteiger partial charge is 0.339 e. The van der Waals surface area contributed by atoms with E-state index in [4.69, 9.17) is 9.47 Å². The SMILES string of the molecule is CC(=O)N(Cc1ccccc1)C[C@@H]1C[C@@H](C)[C@H]2C(O1)[C@H](O)[C@@]1(C)C3CC[C@H]4C(C)(C)C(OC(=O)c5cccnc5)CCC45CC35CCC21C. The summed E-state index contributed by atoms with van der Waals surface area (Å²) in [5.41, 5.74) is 1.75. The van der Waals surface area contributed by atoms with Crippen LogP contribution in [-0.4, -0.2) is 57.8 Å². The Hall–Kier alpha value is -2.77. The molecule has 5 aliphatic carbocycles. The second-order valence-electron chi connectivity index (χ2n) is 18.2.